The summed E-state index contributed by atoms with van der Waals surface area (Å²) in [6.45, 7) is 3.66. The van der Waals surface area contributed by atoms with Crippen LogP contribution in [-0.4, -0.2) is 87.5 Å². The maximum atomic E-state index is 13.1. The van der Waals surface area contributed by atoms with E-state index >= 15 is 0 Å². The fourth-order valence-electron chi connectivity index (χ4n) is 8.78. The van der Waals surface area contributed by atoms with E-state index in [1.165, 1.54) is 116 Å². The topological polar surface area (TPSA) is 149 Å². The molecular formula is C63H109NO8. The van der Waals surface area contributed by atoms with E-state index < -0.39 is 49.5 Å². The summed E-state index contributed by atoms with van der Waals surface area (Å²) in [6.07, 6.45) is 67.5. The average Bonchev–Trinajstić information content (AvgIpc) is 3.38. The van der Waals surface area contributed by atoms with Crippen molar-refractivity contribution in [2.45, 2.75) is 281 Å². The van der Waals surface area contributed by atoms with Gasteiger partial charge in [0.1, 0.15) is 24.4 Å². The maximum absolute atomic E-state index is 13.1. The predicted octanol–water partition coefficient (Wildman–Crippen LogP) is 14.8. The lowest BCUT2D eigenvalue weighted by molar-refractivity contribution is -0.302. The second-order valence-corrected chi connectivity index (χ2v) is 20.1. The highest BCUT2D eigenvalue weighted by molar-refractivity contribution is 5.76. The summed E-state index contributed by atoms with van der Waals surface area (Å²) in [7, 11) is 0. The predicted molar refractivity (Wildman–Crippen MR) is 304 cm³/mol. The van der Waals surface area contributed by atoms with Crippen molar-refractivity contribution in [2.75, 3.05) is 13.2 Å². The molecule has 72 heavy (non-hydrogen) atoms. The number of aliphatic hydroxyl groups is 5. The highest BCUT2D eigenvalue weighted by Gasteiger charge is 2.44. The van der Waals surface area contributed by atoms with Gasteiger partial charge in [-0.05, 0) is 77.0 Å². The Balaban J connectivity index is 2.27. The molecule has 0 aromatic rings. The van der Waals surface area contributed by atoms with Crippen molar-refractivity contribution in [3.63, 3.8) is 0 Å². The number of unbranched alkanes of at least 4 members (excludes halogenated alkanes) is 25. The molecule has 0 bridgehead atoms. The molecule has 7 atom stereocenters. The minimum atomic E-state index is -1.58. The first-order chi connectivity index (χ1) is 35.3. The van der Waals surface area contributed by atoms with E-state index in [0.29, 0.717) is 6.42 Å². The largest absolute Gasteiger partial charge is 0.394 e. The smallest absolute Gasteiger partial charge is 0.220 e. The number of carbonyl (C=O) groups excluding carboxylic acids is 1. The third kappa shape index (κ3) is 40.5. The molecule has 0 radical (unpaired) electrons. The van der Waals surface area contributed by atoms with Crippen LogP contribution < -0.4 is 5.32 Å². The fraction of sp³-hybridized carbons (Fsp3) is 0.730. The van der Waals surface area contributed by atoms with Crippen molar-refractivity contribution in [1.82, 2.24) is 5.32 Å². The lowest BCUT2D eigenvalue weighted by Crippen LogP contribution is -2.60. The zero-order valence-corrected chi connectivity index (χ0v) is 45.9. The van der Waals surface area contributed by atoms with Crippen LogP contribution in [0.4, 0.5) is 0 Å². The molecule has 7 unspecified atom stereocenters. The Labute approximate surface area is 441 Å². The maximum Gasteiger partial charge on any atom is 0.220 e. The first-order valence-electron chi connectivity index (χ1n) is 29.5. The molecule has 0 saturated carbocycles. The Morgan fingerprint density at radius 2 is 0.861 bits per heavy atom. The number of aliphatic hydroxyl groups excluding tert-OH is 5. The molecule has 0 aliphatic carbocycles. The van der Waals surface area contributed by atoms with Gasteiger partial charge in [-0.25, -0.2) is 0 Å². The lowest BCUT2D eigenvalue weighted by Gasteiger charge is -2.40. The minimum Gasteiger partial charge on any atom is -0.394 e. The van der Waals surface area contributed by atoms with Crippen LogP contribution in [0.3, 0.4) is 0 Å². The molecule has 1 fully saturated rings. The molecule has 1 saturated heterocycles. The van der Waals surface area contributed by atoms with Crippen LogP contribution in [0.5, 0.6) is 0 Å². The summed E-state index contributed by atoms with van der Waals surface area (Å²) in [5.74, 6) is -0.198. The molecule has 1 aliphatic heterocycles. The number of hydrogen-bond donors (Lipinski definition) is 6. The minimum absolute atomic E-state index is 0.198. The highest BCUT2D eigenvalue weighted by Crippen LogP contribution is 2.23. The van der Waals surface area contributed by atoms with E-state index in [1.54, 1.807) is 6.08 Å². The Bertz CT molecular complexity index is 1450. The number of rotatable bonds is 49. The van der Waals surface area contributed by atoms with Crippen LogP contribution >= 0.6 is 0 Å². The van der Waals surface area contributed by atoms with Gasteiger partial charge in [-0.1, -0.05) is 252 Å². The summed E-state index contributed by atoms with van der Waals surface area (Å²) < 4.78 is 11.3. The normalized spacial score (nSPS) is 19.9. The molecule has 1 amide bonds. The van der Waals surface area contributed by atoms with E-state index in [0.717, 1.165) is 103 Å². The van der Waals surface area contributed by atoms with Crippen LogP contribution in [0.1, 0.15) is 239 Å². The summed E-state index contributed by atoms with van der Waals surface area (Å²) in [5, 5.41) is 54.6. The lowest BCUT2D eigenvalue weighted by atomic mass is 9.99. The van der Waals surface area contributed by atoms with Crippen LogP contribution in [0, 0.1) is 0 Å². The van der Waals surface area contributed by atoms with Gasteiger partial charge < -0.3 is 40.3 Å². The van der Waals surface area contributed by atoms with Gasteiger partial charge in [-0.3, -0.25) is 4.79 Å². The van der Waals surface area contributed by atoms with Gasteiger partial charge in [0.2, 0.25) is 5.91 Å². The van der Waals surface area contributed by atoms with E-state index in [1.807, 2.05) is 6.08 Å². The standard InChI is InChI=1S/C63H109NO8/c1-3-5-7-9-11-13-15-17-19-21-23-25-27-28-29-30-31-33-35-37-39-41-43-45-47-49-51-53-59(67)64-56(55-71-63-62(70)61(69)60(68)58(54-65)72-63)57(66)52-50-48-46-44-42-40-38-36-34-32-26-24-22-20-18-16-14-12-10-8-6-4-2/h5,7,11,13,17,19,23,25,28-29,31,33,37,39,50,52,56-58,60-63,65-66,68-70H,3-4,6,8-10,12,14-16,18,20-22,24,26-27,30,32,34-36,38,40-49,51,53-55H2,1-2H3,(H,64,67)/b7-5-,13-11-,19-17-,25-23-,29-28-,33-31-,39-37-,52-50+. The Morgan fingerprint density at radius 1 is 0.486 bits per heavy atom. The Hall–Kier alpha value is -2.89. The Kier molecular flexibility index (Phi) is 48.1. The Morgan fingerprint density at radius 3 is 1.28 bits per heavy atom. The van der Waals surface area contributed by atoms with Gasteiger partial charge in [0.05, 0.1) is 25.4 Å². The monoisotopic (exact) mass is 1010 g/mol. The van der Waals surface area contributed by atoms with E-state index in [4.69, 9.17) is 9.47 Å². The number of ether oxygens (including phenoxy) is 2. The van der Waals surface area contributed by atoms with Gasteiger partial charge in [-0.15, -0.1) is 0 Å². The zero-order chi connectivity index (χ0) is 52.2. The SMILES string of the molecule is CC/C=C\C/C=C\C/C=C\C/C=C\C/C=C\C/C=C\C/C=C\CCCCCCCC(=O)NC(COC1OC(CO)C(O)C(O)C1O)C(O)/C=C/CCCCCCCCCCCCCCCCCCCCCC. The van der Waals surface area contributed by atoms with Gasteiger partial charge >= 0.3 is 0 Å². The highest BCUT2D eigenvalue weighted by atomic mass is 16.7. The number of nitrogens with one attached hydrogen (secondary N) is 1. The van der Waals surface area contributed by atoms with Crippen LogP contribution in [0.2, 0.25) is 0 Å². The summed E-state index contributed by atoms with van der Waals surface area (Å²) in [4.78, 5) is 13.1. The first-order valence-corrected chi connectivity index (χ1v) is 29.5. The van der Waals surface area contributed by atoms with Gasteiger partial charge in [-0.2, -0.15) is 0 Å². The number of carbonyl (C=O) groups is 1. The number of hydrogen-bond acceptors (Lipinski definition) is 8. The van der Waals surface area contributed by atoms with Crippen molar-refractivity contribution in [3.05, 3.63) is 97.2 Å². The molecule has 9 heteroatoms. The van der Waals surface area contributed by atoms with Crippen molar-refractivity contribution < 1.29 is 39.8 Å². The second-order valence-electron chi connectivity index (χ2n) is 20.1. The van der Waals surface area contributed by atoms with Crippen molar-refractivity contribution in [3.8, 4) is 0 Å². The van der Waals surface area contributed by atoms with E-state index in [-0.39, 0.29) is 12.5 Å². The molecule has 9 nitrogen and oxygen atoms in total. The van der Waals surface area contributed by atoms with Crippen molar-refractivity contribution in [2.24, 2.45) is 0 Å². The molecule has 1 rings (SSSR count). The fourth-order valence-corrected chi connectivity index (χ4v) is 8.78. The third-order valence-corrected chi connectivity index (χ3v) is 13.4. The zero-order valence-electron chi connectivity index (χ0n) is 45.9. The van der Waals surface area contributed by atoms with Gasteiger partial charge in [0.15, 0.2) is 6.29 Å². The van der Waals surface area contributed by atoms with E-state index in [9.17, 15) is 30.3 Å². The number of amides is 1. The quantitative estimate of drug-likeness (QED) is 0.0261. The molecular weight excluding hydrogens is 899 g/mol. The molecule has 1 heterocycles. The van der Waals surface area contributed by atoms with Crippen LogP contribution in [-0.2, 0) is 14.3 Å². The van der Waals surface area contributed by atoms with E-state index in [2.05, 4.69) is 104 Å². The molecule has 0 spiro atoms. The molecule has 0 aromatic carbocycles. The van der Waals surface area contributed by atoms with Crippen molar-refractivity contribution in [1.29, 1.82) is 0 Å². The first kappa shape index (κ1) is 67.1. The van der Waals surface area contributed by atoms with Gasteiger partial charge in [0, 0.05) is 6.42 Å². The van der Waals surface area contributed by atoms with Gasteiger partial charge in [0.25, 0.3) is 0 Å². The summed E-state index contributed by atoms with van der Waals surface area (Å²) in [5.41, 5.74) is 0. The summed E-state index contributed by atoms with van der Waals surface area (Å²) in [6, 6.07) is -0.823. The van der Waals surface area contributed by atoms with Crippen LogP contribution in [0.15, 0.2) is 97.2 Å². The number of allylic oxidation sites excluding steroid dienone is 15. The average molecular weight is 1010 g/mol. The third-order valence-electron chi connectivity index (χ3n) is 13.4. The molecule has 6 N–H and O–H groups in total. The van der Waals surface area contributed by atoms with Crippen LogP contribution in [0.25, 0.3) is 0 Å². The summed E-state index contributed by atoms with van der Waals surface area (Å²) >= 11 is 0. The molecule has 0 aromatic heterocycles. The van der Waals surface area contributed by atoms with Crippen molar-refractivity contribution >= 4 is 5.91 Å². The molecule has 414 valence electrons. The molecule has 1 aliphatic rings. The second kappa shape index (κ2) is 51.6.